The molecule has 1 aliphatic rings. The predicted octanol–water partition coefficient (Wildman–Crippen LogP) is 5.03. The average molecular weight is 471 g/mol. The van der Waals surface area contributed by atoms with Gasteiger partial charge in [-0.25, -0.2) is 13.2 Å². The zero-order valence-electron chi connectivity index (χ0n) is 18.4. The molecule has 2 heterocycles. The molecule has 0 aliphatic heterocycles. The molecule has 1 aliphatic carbocycles. The summed E-state index contributed by atoms with van der Waals surface area (Å²) in [5, 5.41) is 15.0. The highest BCUT2D eigenvalue weighted by molar-refractivity contribution is 5.96. The Morgan fingerprint density at radius 2 is 1.88 bits per heavy atom. The third-order valence-corrected chi connectivity index (χ3v) is 6.17. The molecule has 34 heavy (non-hydrogen) atoms. The van der Waals surface area contributed by atoms with E-state index in [1.54, 1.807) is 0 Å². The second-order valence-corrected chi connectivity index (χ2v) is 8.62. The zero-order chi connectivity index (χ0) is 24.3. The van der Waals surface area contributed by atoms with E-state index in [0.717, 1.165) is 36.1 Å². The maximum absolute atomic E-state index is 13.8. The van der Waals surface area contributed by atoms with E-state index >= 15 is 0 Å². The van der Waals surface area contributed by atoms with Crippen molar-refractivity contribution in [2.24, 2.45) is 0 Å². The van der Waals surface area contributed by atoms with E-state index in [2.05, 4.69) is 10.1 Å². The first-order valence-electron chi connectivity index (χ1n) is 11.2. The van der Waals surface area contributed by atoms with Crippen LogP contribution in [-0.2, 0) is 0 Å². The highest BCUT2D eigenvalue weighted by Crippen LogP contribution is 2.32. The number of benzene rings is 1. The number of halogens is 3. The Morgan fingerprint density at radius 1 is 1.12 bits per heavy atom. The lowest BCUT2D eigenvalue weighted by Gasteiger charge is -2.31. The average Bonchev–Trinajstić information content (AvgIpc) is 2.83. The molecule has 0 bridgehead atoms. The minimum atomic E-state index is -2.74. The molecule has 0 saturated heterocycles. The fourth-order valence-corrected chi connectivity index (χ4v) is 4.24. The molecule has 178 valence electrons. The maximum atomic E-state index is 13.8. The summed E-state index contributed by atoms with van der Waals surface area (Å²) in [5.74, 6) is -1.07. The number of carbonyl (C=O) groups excluding carboxylic acids is 1. The minimum absolute atomic E-state index is 0.0408. The number of pyridine rings is 1. The lowest BCUT2D eigenvalue weighted by atomic mass is 9.81. The summed E-state index contributed by atoms with van der Waals surface area (Å²) in [5.41, 5.74) is -1.67. The molecule has 0 atom stereocenters. The zero-order valence-corrected chi connectivity index (χ0v) is 18.4. The Hall–Kier alpha value is -3.33. The van der Waals surface area contributed by atoms with Gasteiger partial charge in [0.05, 0.1) is 22.5 Å². The van der Waals surface area contributed by atoms with Crippen molar-refractivity contribution < 1.29 is 23.1 Å². The van der Waals surface area contributed by atoms with Crippen LogP contribution < -0.4 is 5.56 Å². The molecule has 0 unspecified atom stereocenters. The van der Waals surface area contributed by atoms with Crippen molar-refractivity contribution in [1.82, 2.24) is 14.8 Å². The Bertz CT molecular complexity index is 1240. The standard InChI is InChI=1S/C25H24F3N3O3/c26-17-5-4-6-18(13-17)31-24(33)19(22(32)9-12-25(34)10-2-1-3-11-25)14-21(30-31)16-7-8-20(23(27)28)29-15-16/h4-8,13-15,23,34H,1-3,9-12H2. The number of carbonyl (C=O) groups is 1. The molecule has 3 aromatic rings. The fourth-order valence-electron chi connectivity index (χ4n) is 4.24. The number of aliphatic hydroxyl groups is 1. The van der Waals surface area contributed by atoms with Crippen LogP contribution in [0.3, 0.4) is 0 Å². The first kappa shape index (κ1) is 23.8. The molecule has 1 N–H and O–H groups in total. The Kier molecular flexibility index (Phi) is 6.92. The van der Waals surface area contributed by atoms with Crippen LogP contribution in [0.1, 0.15) is 67.4 Å². The molecule has 9 heteroatoms. The van der Waals surface area contributed by atoms with Gasteiger partial charge in [0.1, 0.15) is 11.5 Å². The fraction of sp³-hybridized carbons (Fsp3) is 0.360. The Balaban J connectivity index is 1.73. The SMILES string of the molecule is O=C(CCC1(O)CCCCC1)c1cc(-c2ccc(C(F)F)nc2)nn(-c2cccc(F)c2)c1=O. The second kappa shape index (κ2) is 9.89. The van der Waals surface area contributed by atoms with Crippen LogP contribution in [0.5, 0.6) is 0 Å². The van der Waals surface area contributed by atoms with Crippen molar-refractivity contribution in [2.75, 3.05) is 0 Å². The smallest absolute Gasteiger partial charge is 0.282 e. The number of hydrogen-bond acceptors (Lipinski definition) is 5. The predicted molar refractivity (Wildman–Crippen MR) is 120 cm³/mol. The van der Waals surface area contributed by atoms with Crippen molar-refractivity contribution in [3.8, 4) is 16.9 Å². The summed E-state index contributed by atoms with van der Waals surface area (Å²) in [4.78, 5) is 30.0. The van der Waals surface area contributed by atoms with Crippen LogP contribution in [0.2, 0.25) is 0 Å². The van der Waals surface area contributed by atoms with E-state index in [-0.39, 0.29) is 29.8 Å². The van der Waals surface area contributed by atoms with Crippen LogP contribution in [0.4, 0.5) is 13.2 Å². The van der Waals surface area contributed by atoms with Crippen molar-refractivity contribution >= 4 is 5.78 Å². The van der Waals surface area contributed by atoms with Gasteiger partial charge in [0.2, 0.25) is 0 Å². The van der Waals surface area contributed by atoms with Crippen molar-refractivity contribution in [3.05, 3.63) is 76.1 Å². The summed E-state index contributed by atoms with van der Waals surface area (Å²) in [6.07, 6.45) is 2.66. The van der Waals surface area contributed by atoms with Crippen LogP contribution in [0.15, 0.2) is 53.5 Å². The molecule has 1 fully saturated rings. The van der Waals surface area contributed by atoms with Gasteiger partial charge in [-0.2, -0.15) is 9.78 Å². The summed E-state index contributed by atoms with van der Waals surface area (Å²) < 4.78 is 40.5. The first-order valence-corrected chi connectivity index (χ1v) is 11.2. The molecule has 0 radical (unpaired) electrons. The van der Waals surface area contributed by atoms with Gasteiger partial charge in [0.25, 0.3) is 12.0 Å². The lowest BCUT2D eigenvalue weighted by Crippen LogP contribution is -2.33. The summed E-state index contributed by atoms with van der Waals surface area (Å²) in [7, 11) is 0. The van der Waals surface area contributed by atoms with Crippen molar-refractivity contribution in [2.45, 2.75) is 57.0 Å². The molecular formula is C25H24F3N3O3. The van der Waals surface area contributed by atoms with E-state index in [1.165, 1.54) is 36.5 Å². The number of rotatable bonds is 7. The van der Waals surface area contributed by atoms with Crippen LogP contribution >= 0.6 is 0 Å². The number of ketones is 1. The maximum Gasteiger partial charge on any atom is 0.282 e. The summed E-state index contributed by atoms with van der Waals surface area (Å²) >= 11 is 0. The molecule has 0 spiro atoms. The summed E-state index contributed by atoms with van der Waals surface area (Å²) in [6, 6.07) is 9.00. The molecule has 2 aromatic heterocycles. The minimum Gasteiger partial charge on any atom is -0.390 e. The van der Waals surface area contributed by atoms with Crippen LogP contribution in [-0.4, -0.2) is 31.3 Å². The van der Waals surface area contributed by atoms with Gasteiger partial charge in [-0.3, -0.25) is 14.6 Å². The molecule has 6 nitrogen and oxygen atoms in total. The van der Waals surface area contributed by atoms with E-state index in [9.17, 15) is 27.9 Å². The topological polar surface area (TPSA) is 85.1 Å². The van der Waals surface area contributed by atoms with Crippen molar-refractivity contribution in [1.29, 1.82) is 0 Å². The normalized spacial score (nSPS) is 15.4. The third kappa shape index (κ3) is 5.25. The van der Waals surface area contributed by atoms with Crippen LogP contribution in [0.25, 0.3) is 16.9 Å². The van der Waals surface area contributed by atoms with Gasteiger partial charge in [0.15, 0.2) is 5.78 Å². The van der Waals surface area contributed by atoms with Gasteiger partial charge in [-0.15, -0.1) is 0 Å². The van der Waals surface area contributed by atoms with E-state index < -0.39 is 34.9 Å². The van der Waals surface area contributed by atoms with Gasteiger partial charge in [-0.05, 0) is 55.7 Å². The number of Topliss-reactive ketones (excluding diaryl/α,β-unsaturated/α-hetero) is 1. The van der Waals surface area contributed by atoms with E-state index in [1.807, 2.05) is 0 Å². The van der Waals surface area contributed by atoms with Gasteiger partial charge in [-0.1, -0.05) is 25.3 Å². The number of aromatic nitrogens is 3. The van der Waals surface area contributed by atoms with Crippen molar-refractivity contribution in [3.63, 3.8) is 0 Å². The quantitative estimate of drug-likeness (QED) is 0.489. The Morgan fingerprint density at radius 3 is 2.53 bits per heavy atom. The molecule has 1 aromatic carbocycles. The number of hydrogen-bond donors (Lipinski definition) is 1. The molecule has 1 saturated carbocycles. The molecule has 0 amide bonds. The number of nitrogens with zero attached hydrogens (tertiary/aromatic N) is 3. The molecule has 4 rings (SSSR count). The molecular weight excluding hydrogens is 447 g/mol. The van der Waals surface area contributed by atoms with E-state index in [0.29, 0.717) is 18.4 Å². The van der Waals surface area contributed by atoms with Crippen LogP contribution in [0, 0.1) is 5.82 Å². The summed E-state index contributed by atoms with van der Waals surface area (Å²) in [6.45, 7) is 0. The second-order valence-electron chi connectivity index (χ2n) is 8.62. The monoisotopic (exact) mass is 471 g/mol. The van der Waals surface area contributed by atoms with Gasteiger partial charge in [0, 0.05) is 18.2 Å². The first-order chi connectivity index (χ1) is 16.3. The third-order valence-electron chi connectivity index (χ3n) is 6.17. The highest BCUT2D eigenvalue weighted by Gasteiger charge is 2.30. The lowest BCUT2D eigenvalue weighted by molar-refractivity contribution is -0.00456. The largest absolute Gasteiger partial charge is 0.390 e. The Labute approximate surface area is 194 Å². The van der Waals surface area contributed by atoms with Gasteiger partial charge < -0.3 is 5.11 Å². The highest BCUT2D eigenvalue weighted by atomic mass is 19.3. The van der Waals surface area contributed by atoms with E-state index in [4.69, 9.17) is 0 Å². The van der Waals surface area contributed by atoms with Gasteiger partial charge >= 0.3 is 0 Å². The number of alkyl halides is 2.